The molecule has 1 unspecified atom stereocenters. The standard InChI is InChI=1S/C12H11NO3/c1-8(12(14)15)16-11-6-2-5-10-9(11)4-3-7-13-10/h2-8H,1H3,(H,14,15). The molecule has 0 aliphatic carbocycles. The number of rotatable bonds is 3. The SMILES string of the molecule is CC(Oc1cccc2ncccc12)C(=O)O. The van der Waals surface area contributed by atoms with E-state index in [1.54, 1.807) is 24.4 Å². The number of aliphatic carboxylic acids is 1. The van der Waals surface area contributed by atoms with Crippen molar-refractivity contribution in [3.63, 3.8) is 0 Å². The fourth-order valence-corrected chi connectivity index (χ4v) is 1.42. The van der Waals surface area contributed by atoms with Crippen LogP contribution in [0.1, 0.15) is 6.92 Å². The molecule has 0 saturated heterocycles. The molecule has 16 heavy (non-hydrogen) atoms. The van der Waals surface area contributed by atoms with Crippen LogP contribution in [-0.4, -0.2) is 22.2 Å². The number of nitrogens with zero attached hydrogens (tertiary/aromatic N) is 1. The number of carboxylic acids is 1. The molecule has 1 heterocycles. The number of hydrogen-bond acceptors (Lipinski definition) is 3. The second kappa shape index (κ2) is 4.18. The smallest absolute Gasteiger partial charge is 0.344 e. The van der Waals surface area contributed by atoms with E-state index in [4.69, 9.17) is 9.84 Å². The minimum atomic E-state index is -0.985. The van der Waals surface area contributed by atoms with Crippen LogP contribution in [0.2, 0.25) is 0 Å². The van der Waals surface area contributed by atoms with Crippen LogP contribution >= 0.6 is 0 Å². The maximum absolute atomic E-state index is 10.7. The van der Waals surface area contributed by atoms with Gasteiger partial charge in [0.15, 0.2) is 6.10 Å². The Morgan fingerprint density at radius 3 is 2.94 bits per heavy atom. The third-order valence-corrected chi connectivity index (χ3v) is 2.26. The van der Waals surface area contributed by atoms with Crippen molar-refractivity contribution in [1.82, 2.24) is 4.98 Å². The van der Waals surface area contributed by atoms with Crippen LogP contribution in [0.25, 0.3) is 10.9 Å². The van der Waals surface area contributed by atoms with E-state index in [2.05, 4.69) is 4.98 Å². The lowest BCUT2D eigenvalue weighted by Gasteiger charge is -2.11. The highest BCUT2D eigenvalue weighted by Gasteiger charge is 2.13. The lowest BCUT2D eigenvalue weighted by atomic mass is 10.2. The van der Waals surface area contributed by atoms with E-state index in [9.17, 15) is 4.79 Å². The second-order valence-electron chi connectivity index (χ2n) is 3.42. The van der Waals surface area contributed by atoms with Gasteiger partial charge >= 0.3 is 5.97 Å². The molecule has 0 aliphatic rings. The van der Waals surface area contributed by atoms with Crippen LogP contribution in [0.3, 0.4) is 0 Å². The fourth-order valence-electron chi connectivity index (χ4n) is 1.42. The molecule has 2 rings (SSSR count). The maximum Gasteiger partial charge on any atom is 0.344 e. The number of hydrogen-bond donors (Lipinski definition) is 1. The van der Waals surface area contributed by atoms with Crippen LogP contribution in [0.4, 0.5) is 0 Å². The van der Waals surface area contributed by atoms with Gasteiger partial charge in [-0.15, -0.1) is 0 Å². The molecule has 0 spiro atoms. The summed E-state index contributed by atoms with van der Waals surface area (Å²) in [6.07, 6.45) is 0.818. The molecule has 0 amide bonds. The number of ether oxygens (including phenoxy) is 1. The first kappa shape index (κ1) is 10.4. The predicted molar refractivity (Wildman–Crippen MR) is 59.5 cm³/mol. The first-order chi connectivity index (χ1) is 7.68. The molecular formula is C12H11NO3. The summed E-state index contributed by atoms with van der Waals surface area (Å²) in [5, 5.41) is 9.59. The summed E-state index contributed by atoms with van der Waals surface area (Å²) in [5.74, 6) is -0.443. The summed E-state index contributed by atoms with van der Waals surface area (Å²) < 4.78 is 5.35. The molecule has 4 nitrogen and oxygen atoms in total. The van der Waals surface area contributed by atoms with Crippen molar-refractivity contribution in [3.8, 4) is 5.75 Å². The average Bonchev–Trinajstić information content (AvgIpc) is 2.29. The van der Waals surface area contributed by atoms with E-state index in [1.165, 1.54) is 6.92 Å². The van der Waals surface area contributed by atoms with Crippen molar-refractivity contribution in [3.05, 3.63) is 36.5 Å². The molecule has 1 aromatic heterocycles. The van der Waals surface area contributed by atoms with Gasteiger partial charge in [-0.25, -0.2) is 4.79 Å². The van der Waals surface area contributed by atoms with E-state index in [1.807, 2.05) is 12.1 Å². The molecular weight excluding hydrogens is 206 g/mol. The Balaban J connectivity index is 2.41. The quantitative estimate of drug-likeness (QED) is 0.855. The Kier molecular flexibility index (Phi) is 2.72. The van der Waals surface area contributed by atoms with Crippen molar-refractivity contribution in [2.45, 2.75) is 13.0 Å². The summed E-state index contributed by atoms with van der Waals surface area (Å²) in [5.41, 5.74) is 0.789. The number of pyridine rings is 1. The first-order valence-electron chi connectivity index (χ1n) is 4.91. The highest BCUT2D eigenvalue weighted by atomic mass is 16.5. The molecule has 82 valence electrons. The highest BCUT2D eigenvalue weighted by Crippen LogP contribution is 2.24. The van der Waals surface area contributed by atoms with Gasteiger partial charge in [0, 0.05) is 11.6 Å². The Hall–Kier alpha value is -2.10. The van der Waals surface area contributed by atoms with E-state index < -0.39 is 12.1 Å². The van der Waals surface area contributed by atoms with Crippen LogP contribution < -0.4 is 4.74 Å². The minimum absolute atomic E-state index is 0.542. The summed E-state index contributed by atoms with van der Waals surface area (Å²) in [6, 6.07) is 9.03. The number of benzene rings is 1. The van der Waals surface area contributed by atoms with E-state index in [0.29, 0.717) is 5.75 Å². The van der Waals surface area contributed by atoms with Gasteiger partial charge in [0.05, 0.1) is 5.52 Å². The molecule has 1 aromatic carbocycles. The Morgan fingerprint density at radius 2 is 2.19 bits per heavy atom. The molecule has 0 bridgehead atoms. The number of fused-ring (bicyclic) bond motifs is 1. The molecule has 0 aliphatic heterocycles. The number of aromatic nitrogens is 1. The van der Waals surface area contributed by atoms with E-state index in [-0.39, 0.29) is 0 Å². The summed E-state index contributed by atoms with van der Waals surface area (Å²) >= 11 is 0. The lowest BCUT2D eigenvalue weighted by Crippen LogP contribution is -2.22. The average molecular weight is 217 g/mol. The van der Waals surface area contributed by atoms with Crippen molar-refractivity contribution in [2.75, 3.05) is 0 Å². The maximum atomic E-state index is 10.7. The zero-order chi connectivity index (χ0) is 11.5. The molecule has 0 fully saturated rings. The lowest BCUT2D eigenvalue weighted by molar-refractivity contribution is -0.144. The summed E-state index contributed by atoms with van der Waals surface area (Å²) in [4.78, 5) is 14.9. The van der Waals surface area contributed by atoms with Crippen LogP contribution in [0, 0.1) is 0 Å². The van der Waals surface area contributed by atoms with Gasteiger partial charge in [-0.2, -0.15) is 0 Å². The largest absolute Gasteiger partial charge is 0.479 e. The third kappa shape index (κ3) is 1.95. The second-order valence-corrected chi connectivity index (χ2v) is 3.42. The molecule has 4 heteroatoms. The van der Waals surface area contributed by atoms with Gasteiger partial charge in [0.25, 0.3) is 0 Å². The molecule has 1 atom stereocenters. The van der Waals surface area contributed by atoms with Gasteiger partial charge in [0.1, 0.15) is 5.75 Å². The van der Waals surface area contributed by atoms with Gasteiger partial charge < -0.3 is 9.84 Å². The van der Waals surface area contributed by atoms with Crippen molar-refractivity contribution < 1.29 is 14.6 Å². The minimum Gasteiger partial charge on any atom is -0.479 e. The summed E-state index contributed by atoms with van der Waals surface area (Å²) in [7, 11) is 0. The Bertz CT molecular complexity index is 519. The zero-order valence-electron chi connectivity index (χ0n) is 8.75. The summed E-state index contributed by atoms with van der Waals surface area (Å²) in [6.45, 7) is 1.50. The molecule has 0 radical (unpaired) electrons. The van der Waals surface area contributed by atoms with Crippen molar-refractivity contribution >= 4 is 16.9 Å². The van der Waals surface area contributed by atoms with E-state index >= 15 is 0 Å². The molecule has 1 N–H and O–H groups in total. The highest BCUT2D eigenvalue weighted by molar-refractivity contribution is 5.85. The normalized spacial score (nSPS) is 12.3. The third-order valence-electron chi connectivity index (χ3n) is 2.26. The topological polar surface area (TPSA) is 59.4 Å². The van der Waals surface area contributed by atoms with Crippen LogP contribution in [-0.2, 0) is 4.79 Å². The van der Waals surface area contributed by atoms with Gasteiger partial charge in [-0.1, -0.05) is 6.07 Å². The Labute approximate surface area is 92.5 Å². The van der Waals surface area contributed by atoms with Crippen molar-refractivity contribution in [2.24, 2.45) is 0 Å². The Morgan fingerprint density at radius 1 is 1.38 bits per heavy atom. The van der Waals surface area contributed by atoms with Gasteiger partial charge in [-0.05, 0) is 31.2 Å². The number of carboxylic acid groups (broad SMARTS) is 1. The van der Waals surface area contributed by atoms with Crippen LogP contribution in [0.15, 0.2) is 36.5 Å². The molecule has 0 saturated carbocycles. The monoisotopic (exact) mass is 217 g/mol. The van der Waals surface area contributed by atoms with Crippen molar-refractivity contribution in [1.29, 1.82) is 0 Å². The van der Waals surface area contributed by atoms with Gasteiger partial charge in [-0.3, -0.25) is 4.98 Å². The van der Waals surface area contributed by atoms with Crippen LogP contribution in [0.5, 0.6) is 5.75 Å². The first-order valence-corrected chi connectivity index (χ1v) is 4.91. The molecule has 2 aromatic rings. The fraction of sp³-hybridized carbons (Fsp3) is 0.167. The van der Waals surface area contributed by atoms with Gasteiger partial charge in [0.2, 0.25) is 0 Å². The number of carbonyl (C=O) groups is 1. The predicted octanol–water partition coefficient (Wildman–Crippen LogP) is 2.09. The zero-order valence-corrected chi connectivity index (χ0v) is 8.75. The van der Waals surface area contributed by atoms with E-state index in [0.717, 1.165) is 10.9 Å².